The fourth-order valence-corrected chi connectivity index (χ4v) is 3.40. The van der Waals surface area contributed by atoms with Crippen LogP contribution >= 0.6 is 0 Å². The highest BCUT2D eigenvalue weighted by Gasteiger charge is 2.24. The standard InChI is InChI=1S/C23H30N2O2.C2H6/c1-17(7-6-8-18(2)15-23(26)27-5)9-11-21-19(3)10-12-22(20(21)4)25-14-13-24-16-25;1-2/h6-9,11,13-16,19,22H,10,12H2,1-5H3;1-2H3/b8-6+,11-9+,17-7+,18-15-;. The van der Waals surface area contributed by atoms with Crippen LogP contribution in [0.2, 0.25) is 0 Å². The van der Waals surface area contributed by atoms with Crippen LogP contribution in [0.5, 0.6) is 0 Å². The number of nitrogens with zero attached hydrogens (tertiary/aromatic N) is 2. The average molecular weight is 397 g/mol. The summed E-state index contributed by atoms with van der Waals surface area (Å²) in [6.45, 7) is 12.5. The van der Waals surface area contributed by atoms with E-state index in [4.69, 9.17) is 0 Å². The number of carbonyl (C=O) groups excluding carboxylic acids is 1. The summed E-state index contributed by atoms with van der Waals surface area (Å²) in [4.78, 5) is 15.4. The Labute approximate surface area is 176 Å². The minimum Gasteiger partial charge on any atom is -0.466 e. The maximum absolute atomic E-state index is 11.2. The second-order valence-corrected chi connectivity index (χ2v) is 7.16. The molecule has 0 N–H and O–H groups in total. The summed E-state index contributed by atoms with van der Waals surface area (Å²) in [6.07, 6.45) is 19.9. The lowest BCUT2D eigenvalue weighted by Gasteiger charge is -2.30. The first-order valence-electron chi connectivity index (χ1n) is 10.4. The van der Waals surface area contributed by atoms with Crippen LogP contribution in [0.1, 0.15) is 60.4 Å². The number of ether oxygens (including phenoxy) is 1. The molecule has 2 rings (SSSR count). The van der Waals surface area contributed by atoms with Gasteiger partial charge in [-0.1, -0.05) is 56.7 Å². The van der Waals surface area contributed by atoms with Gasteiger partial charge in [0.25, 0.3) is 0 Å². The van der Waals surface area contributed by atoms with E-state index in [2.05, 4.69) is 47.2 Å². The Morgan fingerprint density at radius 2 is 1.93 bits per heavy atom. The molecule has 29 heavy (non-hydrogen) atoms. The molecule has 4 nitrogen and oxygen atoms in total. The van der Waals surface area contributed by atoms with Crippen molar-refractivity contribution < 1.29 is 9.53 Å². The molecule has 1 aliphatic rings. The van der Waals surface area contributed by atoms with Gasteiger partial charge in [0.15, 0.2) is 0 Å². The molecule has 1 heterocycles. The summed E-state index contributed by atoms with van der Waals surface area (Å²) in [7, 11) is 1.38. The predicted molar refractivity (Wildman–Crippen MR) is 122 cm³/mol. The van der Waals surface area contributed by atoms with Crippen LogP contribution in [-0.4, -0.2) is 22.6 Å². The fourth-order valence-electron chi connectivity index (χ4n) is 3.40. The fraction of sp³-hybridized carbons (Fsp3) is 0.440. The zero-order valence-corrected chi connectivity index (χ0v) is 19.0. The minimum absolute atomic E-state index is 0.334. The van der Waals surface area contributed by atoms with Crippen LogP contribution in [0.3, 0.4) is 0 Å². The molecule has 4 heteroatoms. The molecule has 0 amide bonds. The summed E-state index contributed by atoms with van der Waals surface area (Å²) < 4.78 is 6.83. The van der Waals surface area contributed by atoms with Crippen molar-refractivity contribution in [2.45, 2.75) is 60.4 Å². The number of rotatable bonds is 6. The smallest absolute Gasteiger partial charge is 0.330 e. The number of hydrogen-bond donors (Lipinski definition) is 0. The van der Waals surface area contributed by atoms with Gasteiger partial charge in [-0.25, -0.2) is 9.78 Å². The molecule has 1 aliphatic carbocycles. The molecule has 2 atom stereocenters. The Balaban J connectivity index is 0.00000204. The van der Waals surface area contributed by atoms with Crippen LogP contribution in [0.15, 0.2) is 77.5 Å². The number of aromatic nitrogens is 2. The van der Waals surface area contributed by atoms with Crippen LogP contribution in [-0.2, 0) is 9.53 Å². The Morgan fingerprint density at radius 3 is 2.55 bits per heavy atom. The molecule has 158 valence electrons. The van der Waals surface area contributed by atoms with E-state index < -0.39 is 0 Å². The van der Waals surface area contributed by atoms with Crippen molar-refractivity contribution in [1.82, 2.24) is 9.55 Å². The molecule has 0 spiro atoms. The summed E-state index contributed by atoms with van der Waals surface area (Å²) in [5.74, 6) is 0.230. The van der Waals surface area contributed by atoms with E-state index in [1.54, 1.807) is 0 Å². The van der Waals surface area contributed by atoms with Crippen molar-refractivity contribution in [2.24, 2.45) is 5.92 Å². The SMILES string of the molecule is CC.COC(=O)\C=C(C)/C=C/C=C(C)/C=C/C1=C(C)C(n2ccnc2)CCC1C. The molecule has 0 saturated carbocycles. The molecule has 0 aliphatic heterocycles. The molecular weight excluding hydrogens is 360 g/mol. The lowest BCUT2D eigenvalue weighted by Crippen LogP contribution is -2.18. The van der Waals surface area contributed by atoms with Crippen molar-refractivity contribution in [2.75, 3.05) is 7.11 Å². The number of carbonyl (C=O) groups is 1. The van der Waals surface area contributed by atoms with E-state index in [0.717, 1.165) is 17.6 Å². The molecule has 0 radical (unpaired) electrons. The summed E-state index contributed by atoms with van der Waals surface area (Å²) in [5, 5.41) is 0. The monoisotopic (exact) mass is 396 g/mol. The molecular formula is C25H36N2O2. The van der Waals surface area contributed by atoms with Gasteiger partial charge in [0.1, 0.15) is 0 Å². The zero-order chi connectivity index (χ0) is 21.8. The highest BCUT2D eigenvalue weighted by Crippen LogP contribution is 2.37. The molecule has 2 unspecified atom stereocenters. The van der Waals surface area contributed by atoms with Gasteiger partial charge in [-0.3, -0.25) is 0 Å². The van der Waals surface area contributed by atoms with Gasteiger partial charge in [0.05, 0.1) is 19.5 Å². The third-order valence-corrected chi connectivity index (χ3v) is 5.03. The van der Waals surface area contributed by atoms with E-state index in [1.807, 2.05) is 57.7 Å². The molecule has 0 saturated heterocycles. The Morgan fingerprint density at radius 1 is 1.21 bits per heavy atom. The number of allylic oxidation sites excluding steroid dienone is 9. The van der Waals surface area contributed by atoms with Gasteiger partial charge in [-0.15, -0.1) is 0 Å². The summed E-state index contributed by atoms with van der Waals surface area (Å²) in [5.41, 5.74) is 4.86. The first-order chi connectivity index (χ1) is 13.9. The Kier molecular flexibility index (Phi) is 10.7. The molecule has 1 aromatic heterocycles. The molecule has 0 aromatic carbocycles. The topological polar surface area (TPSA) is 44.1 Å². The molecule has 0 bridgehead atoms. The Hall–Kier alpha value is -2.62. The van der Waals surface area contributed by atoms with Crippen molar-refractivity contribution in [3.63, 3.8) is 0 Å². The van der Waals surface area contributed by atoms with E-state index in [-0.39, 0.29) is 5.97 Å². The Bertz CT molecular complexity index is 793. The number of imidazole rings is 1. The van der Waals surface area contributed by atoms with Crippen LogP contribution < -0.4 is 0 Å². The van der Waals surface area contributed by atoms with E-state index in [9.17, 15) is 4.79 Å². The third-order valence-electron chi connectivity index (χ3n) is 5.03. The first kappa shape index (κ1) is 24.4. The van der Waals surface area contributed by atoms with Crippen molar-refractivity contribution in [3.05, 3.63) is 77.5 Å². The zero-order valence-electron chi connectivity index (χ0n) is 19.0. The summed E-state index contributed by atoms with van der Waals surface area (Å²) >= 11 is 0. The van der Waals surface area contributed by atoms with Gasteiger partial charge in [0.2, 0.25) is 0 Å². The lowest BCUT2D eigenvalue weighted by molar-refractivity contribution is -0.134. The van der Waals surface area contributed by atoms with Gasteiger partial charge in [-0.05, 0) is 56.3 Å². The maximum Gasteiger partial charge on any atom is 0.330 e. The number of hydrogen-bond acceptors (Lipinski definition) is 3. The molecule has 0 fully saturated rings. The van der Waals surface area contributed by atoms with E-state index in [0.29, 0.717) is 12.0 Å². The normalized spacial score (nSPS) is 20.8. The largest absolute Gasteiger partial charge is 0.466 e. The first-order valence-corrected chi connectivity index (χ1v) is 10.4. The third kappa shape index (κ3) is 7.72. The van der Waals surface area contributed by atoms with Crippen LogP contribution in [0.25, 0.3) is 0 Å². The average Bonchev–Trinajstić information content (AvgIpc) is 3.23. The van der Waals surface area contributed by atoms with E-state index in [1.165, 1.54) is 30.8 Å². The van der Waals surface area contributed by atoms with Crippen molar-refractivity contribution >= 4 is 5.97 Å². The van der Waals surface area contributed by atoms with E-state index >= 15 is 0 Å². The molecule has 1 aromatic rings. The maximum atomic E-state index is 11.2. The van der Waals surface area contributed by atoms with Crippen LogP contribution in [0.4, 0.5) is 0 Å². The highest BCUT2D eigenvalue weighted by molar-refractivity contribution is 5.83. The van der Waals surface area contributed by atoms with Gasteiger partial charge >= 0.3 is 5.97 Å². The minimum atomic E-state index is -0.334. The van der Waals surface area contributed by atoms with Gasteiger partial charge in [-0.2, -0.15) is 0 Å². The van der Waals surface area contributed by atoms with Gasteiger partial charge < -0.3 is 9.30 Å². The quantitative estimate of drug-likeness (QED) is 0.318. The number of esters is 1. The van der Waals surface area contributed by atoms with Crippen LogP contribution in [0, 0.1) is 5.92 Å². The predicted octanol–water partition coefficient (Wildman–Crippen LogP) is 6.37. The number of methoxy groups -OCH3 is 1. The van der Waals surface area contributed by atoms with Crippen molar-refractivity contribution in [3.8, 4) is 0 Å². The highest BCUT2D eigenvalue weighted by atomic mass is 16.5. The summed E-state index contributed by atoms with van der Waals surface area (Å²) in [6, 6.07) is 0.402. The van der Waals surface area contributed by atoms with Crippen molar-refractivity contribution in [1.29, 1.82) is 0 Å². The second-order valence-electron chi connectivity index (χ2n) is 7.16. The van der Waals surface area contributed by atoms with Gasteiger partial charge in [0, 0.05) is 18.5 Å². The lowest BCUT2D eigenvalue weighted by atomic mass is 9.81. The second kappa shape index (κ2) is 12.8.